The van der Waals surface area contributed by atoms with Gasteiger partial charge in [0.2, 0.25) is 0 Å². The van der Waals surface area contributed by atoms with Crippen LogP contribution in [0.25, 0.3) is 0 Å². The van der Waals surface area contributed by atoms with Gasteiger partial charge in [-0.15, -0.1) is 0 Å². The predicted molar refractivity (Wildman–Crippen MR) is 78.2 cm³/mol. The molecular weight excluding hydrogens is 216 g/mol. The third kappa shape index (κ3) is 1.56. The van der Waals surface area contributed by atoms with E-state index in [0.717, 1.165) is 59.2 Å². The molecule has 18 heavy (non-hydrogen) atoms. The number of hydrogen-bond donors (Lipinski definition) is 0. The fourth-order valence-corrected chi connectivity index (χ4v) is 6.47. The third-order valence-electron chi connectivity index (χ3n) is 7.53. The fraction of sp³-hybridized carbons (Fsp3) is 1.00. The Balaban J connectivity index is 1.67. The van der Waals surface area contributed by atoms with Gasteiger partial charge in [-0.05, 0) is 72.0 Å². The first-order valence-electron chi connectivity index (χ1n) is 8.43. The maximum absolute atomic E-state index is 2.56. The summed E-state index contributed by atoms with van der Waals surface area (Å²) < 4.78 is 0. The molecule has 3 aliphatic rings. The summed E-state index contributed by atoms with van der Waals surface area (Å²) in [6, 6.07) is 0. The van der Waals surface area contributed by atoms with Gasteiger partial charge in [0.25, 0.3) is 0 Å². The second-order valence-corrected chi connectivity index (χ2v) is 8.43. The molecule has 0 aromatic heterocycles. The van der Waals surface area contributed by atoms with Crippen LogP contribution in [0.4, 0.5) is 0 Å². The van der Waals surface area contributed by atoms with Crippen LogP contribution in [-0.4, -0.2) is 0 Å². The van der Waals surface area contributed by atoms with E-state index in [2.05, 4.69) is 41.5 Å². The fourth-order valence-electron chi connectivity index (χ4n) is 6.47. The van der Waals surface area contributed by atoms with Gasteiger partial charge in [-0.1, -0.05) is 41.5 Å². The van der Waals surface area contributed by atoms with Crippen molar-refractivity contribution in [2.75, 3.05) is 0 Å². The lowest BCUT2D eigenvalue weighted by Crippen LogP contribution is -2.63. The molecule has 3 rings (SSSR count). The molecule has 0 nitrogen and oxygen atoms in total. The predicted octanol–water partition coefficient (Wildman–Crippen LogP) is 5.09. The van der Waals surface area contributed by atoms with E-state index in [1.54, 1.807) is 0 Å². The van der Waals surface area contributed by atoms with Crippen molar-refractivity contribution >= 4 is 0 Å². The van der Waals surface area contributed by atoms with E-state index < -0.39 is 0 Å². The zero-order valence-corrected chi connectivity index (χ0v) is 13.2. The Bertz CT molecular complexity index is 318. The molecule has 3 aliphatic carbocycles. The average molecular weight is 248 g/mol. The lowest BCUT2D eigenvalue weighted by atomic mass is 9.37. The lowest BCUT2D eigenvalue weighted by Gasteiger charge is -2.68. The van der Waals surface area contributed by atoms with Crippen molar-refractivity contribution in [1.82, 2.24) is 0 Å². The van der Waals surface area contributed by atoms with Gasteiger partial charge in [0, 0.05) is 0 Å². The Morgan fingerprint density at radius 2 is 1.33 bits per heavy atom. The summed E-state index contributed by atoms with van der Waals surface area (Å²) in [5.74, 6) is 10.3. The Morgan fingerprint density at radius 1 is 0.722 bits per heavy atom. The zero-order valence-electron chi connectivity index (χ0n) is 13.2. The van der Waals surface area contributed by atoms with E-state index >= 15 is 0 Å². The van der Waals surface area contributed by atoms with E-state index in [4.69, 9.17) is 0 Å². The first kappa shape index (κ1) is 13.0. The topological polar surface area (TPSA) is 0 Å². The summed E-state index contributed by atoms with van der Waals surface area (Å²) in [7, 11) is 0. The van der Waals surface area contributed by atoms with Gasteiger partial charge in [-0.3, -0.25) is 0 Å². The summed E-state index contributed by atoms with van der Waals surface area (Å²) in [6.45, 7) is 14.9. The molecule has 3 fully saturated rings. The summed E-state index contributed by atoms with van der Waals surface area (Å²) in [6.07, 6.45) is 3.07. The molecule has 0 heterocycles. The van der Waals surface area contributed by atoms with Gasteiger partial charge in [0.15, 0.2) is 0 Å². The first-order chi connectivity index (χ1) is 8.43. The van der Waals surface area contributed by atoms with E-state index in [0.29, 0.717) is 0 Å². The largest absolute Gasteiger partial charge is 0.0625 e. The van der Waals surface area contributed by atoms with Crippen LogP contribution in [-0.2, 0) is 0 Å². The lowest BCUT2D eigenvalue weighted by molar-refractivity contribution is -0.204. The van der Waals surface area contributed by atoms with Gasteiger partial charge >= 0.3 is 0 Å². The molecule has 0 saturated heterocycles. The minimum Gasteiger partial charge on any atom is -0.0625 e. The summed E-state index contributed by atoms with van der Waals surface area (Å²) in [5, 5.41) is 0. The molecule has 0 amide bonds. The highest BCUT2D eigenvalue weighted by molar-refractivity contribution is 5.10. The van der Waals surface area contributed by atoms with Crippen LogP contribution in [0.3, 0.4) is 0 Å². The second kappa shape index (κ2) is 4.25. The van der Waals surface area contributed by atoms with Crippen molar-refractivity contribution in [3.05, 3.63) is 0 Å². The molecule has 0 heteroatoms. The second-order valence-electron chi connectivity index (χ2n) is 8.43. The molecule has 9 atom stereocenters. The molecule has 0 N–H and O–H groups in total. The maximum atomic E-state index is 2.56. The van der Waals surface area contributed by atoms with Crippen molar-refractivity contribution < 1.29 is 0 Å². The Hall–Kier alpha value is 0. The smallest absolute Gasteiger partial charge is 0.0318 e. The molecule has 0 bridgehead atoms. The molecule has 0 radical (unpaired) electrons. The number of fused-ring (bicyclic) bond motifs is 1. The standard InChI is InChI=1S/C18H32/c1-9(2)15-8-14(7-10(15)3)17-13(6)16-11(4)12(5)18(16)17/h9-18H,7-8H2,1-6H3. The highest BCUT2D eigenvalue weighted by atomic mass is 14.7. The molecular formula is C18H32. The number of rotatable bonds is 2. The SMILES string of the molecule is CC(C)C1CC(C2C(C)C3C(C)C(C)C23)CC1C. The van der Waals surface area contributed by atoms with Crippen molar-refractivity contribution in [3.63, 3.8) is 0 Å². The first-order valence-corrected chi connectivity index (χ1v) is 8.43. The molecule has 9 unspecified atom stereocenters. The monoisotopic (exact) mass is 248 g/mol. The number of hydrogen-bond acceptors (Lipinski definition) is 0. The van der Waals surface area contributed by atoms with E-state index in [1.807, 2.05) is 0 Å². The Morgan fingerprint density at radius 3 is 1.89 bits per heavy atom. The van der Waals surface area contributed by atoms with Crippen molar-refractivity contribution in [2.45, 2.75) is 54.4 Å². The molecule has 0 aromatic carbocycles. The summed E-state index contributed by atoms with van der Waals surface area (Å²) in [5.41, 5.74) is 0. The van der Waals surface area contributed by atoms with E-state index in [-0.39, 0.29) is 0 Å². The van der Waals surface area contributed by atoms with Crippen LogP contribution in [0.5, 0.6) is 0 Å². The van der Waals surface area contributed by atoms with E-state index in [1.165, 1.54) is 12.8 Å². The quantitative estimate of drug-likeness (QED) is 0.638. The minimum atomic E-state index is 0.897. The molecule has 0 aliphatic heterocycles. The molecule has 0 spiro atoms. The van der Waals surface area contributed by atoms with Crippen molar-refractivity contribution in [1.29, 1.82) is 0 Å². The Kier molecular flexibility index (Phi) is 3.07. The van der Waals surface area contributed by atoms with Gasteiger partial charge in [0.1, 0.15) is 0 Å². The normalized spacial score (nSPS) is 59.2. The molecule has 3 saturated carbocycles. The maximum Gasteiger partial charge on any atom is -0.0318 e. The van der Waals surface area contributed by atoms with Crippen molar-refractivity contribution in [2.24, 2.45) is 59.2 Å². The van der Waals surface area contributed by atoms with Gasteiger partial charge in [0.05, 0.1) is 0 Å². The Labute approximate surface area is 114 Å². The highest BCUT2D eigenvalue weighted by Gasteiger charge is 2.63. The van der Waals surface area contributed by atoms with Crippen LogP contribution in [0.15, 0.2) is 0 Å². The molecule has 104 valence electrons. The van der Waals surface area contributed by atoms with Crippen LogP contribution < -0.4 is 0 Å². The summed E-state index contributed by atoms with van der Waals surface area (Å²) in [4.78, 5) is 0. The minimum absolute atomic E-state index is 0.897. The van der Waals surface area contributed by atoms with Crippen LogP contribution in [0.2, 0.25) is 0 Å². The van der Waals surface area contributed by atoms with Gasteiger partial charge in [-0.2, -0.15) is 0 Å². The highest BCUT2D eigenvalue weighted by Crippen LogP contribution is 2.68. The van der Waals surface area contributed by atoms with Crippen LogP contribution >= 0.6 is 0 Å². The third-order valence-corrected chi connectivity index (χ3v) is 7.53. The van der Waals surface area contributed by atoms with Crippen LogP contribution in [0.1, 0.15) is 54.4 Å². The van der Waals surface area contributed by atoms with Gasteiger partial charge < -0.3 is 0 Å². The average Bonchev–Trinajstić information content (AvgIpc) is 2.67. The molecule has 0 aromatic rings. The van der Waals surface area contributed by atoms with Crippen molar-refractivity contribution in [3.8, 4) is 0 Å². The van der Waals surface area contributed by atoms with E-state index in [9.17, 15) is 0 Å². The van der Waals surface area contributed by atoms with Gasteiger partial charge in [-0.25, -0.2) is 0 Å². The van der Waals surface area contributed by atoms with Crippen LogP contribution in [0, 0.1) is 59.2 Å². The zero-order chi connectivity index (χ0) is 13.2. The summed E-state index contributed by atoms with van der Waals surface area (Å²) >= 11 is 0.